The third-order valence-corrected chi connectivity index (χ3v) is 3.07. The summed E-state index contributed by atoms with van der Waals surface area (Å²) in [6, 6.07) is 8.10. The lowest BCUT2D eigenvalue weighted by molar-refractivity contribution is -0.0327. The number of rotatable bonds is 3. The molecule has 0 amide bonds. The smallest absolute Gasteiger partial charge is 0.122 e. The molecule has 1 unspecified atom stereocenters. The van der Waals surface area contributed by atoms with Gasteiger partial charge in [0.2, 0.25) is 0 Å². The van der Waals surface area contributed by atoms with Gasteiger partial charge in [-0.05, 0) is 45.2 Å². The van der Waals surface area contributed by atoms with Crippen molar-refractivity contribution >= 4 is 0 Å². The molecule has 2 rings (SSSR count). The molecule has 1 aromatic carbocycles. The molecule has 0 aromatic heterocycles. The first-order chi connectivity index (χ1) is 7.57. The molecule has 1 saturated heterocycles. The highest BCUT2D eigenvalue weighted by Crippen LogP contribution is 2.29. The average Bonchev–Trinajstić information content (AvgIpc) is 2.57. The van der Waals surface area contributed by atoms with Gasteiger partial charge in [-0.25, -0.2) is 0 Å². The Kier molecular flexibility index (Phi) is 3.20. The minimum atomic E-state index is 0.0275. The number of aryl methyl sites for hydroxylation is 1. The lowest BCUT2D eigenvalue weighted by atomic mass is 10.1. The molecular formula is C14H20O2. The molecule has 0 N–H and O–H groups in total. The highest BCUT2D eigenvalue weighted by Gasteiger charge is 2.31. The van der Waals surface area contributed by atoms with Crippen LogP contribution >= 0.6 is 0 Å². The van der Waals surface area contributed by atoms with Crippen molar-refractivity contribution < 1.29 is 9.47 Å². The Morgan fingerprint density at radius 3 is 2.75 bits per heavy atom. The van der Waals surface area contributed by atoms with Crippen molar-refractivity contribution in [3.8, 4) is 5.75 Å². The van der Waals surface area contributed by atoms with E-state index < -0.39 is 0 Å². The summed E-state index contributed by atoms with van der Waals surface area (Å²) in [6.45, 7) is 7.00. The summed E-state index contributed by atoms with van der Waals surface area (Å²) >= 11 is 0. The van der Waals surface area contributed by atoms with Crippen LogP contribution < -0.4 is 4.74 Å². The maximum atomic E-state index is 5.89. The second kappa shape index (κ2) is 4.46. The molecule has 16 heavy (non-hydrogen) atoms. The van der Waals surface area contributed by atoms with Gasteiger partial charge in [-0.3, -0.25) is 0 Å². The van der Waals surface area contributed by atoms with Crippen LogP contribution in [0.15, 0.2) is 24.3 Å². The zero-order chi connectivity index (χ0) is 11.6. The molecule has 0 bridgehead atoms. The molecule has 1 fully saturated rings. The fourth-order valence-electron chi connectivity index (χ4n) is 2.10. The van der Waals surface area contributed by atoms with E-state index in [9.17, 15) is 0 Å². The van der Waals surface area contributed by atoms with E-state index in [-0.39, 0.29) is 11.7 Å². The lowest BCUT2D eigenvalue weighted by Gasteiger charge is -2.19. The number of ether oxygens (including phenoxy) is 2. The van der Waals surface area contributed by atoms with Crippen molar-refractivity contribution in [2.24, 2.45) is 0 Å². The van der Waals surface area contributed by atoms with Gasteiger partial charge < -0.3 is 9.47 Å². The molecule has 0 aliphatic carbocycles. The molecule has 2 nitrogen and oxygen atoms in total. The maximum Gasteiger partial charge on any atom is 0.122 e. The summed E-state index contributed by atoms with van der Waals surface area (Å²) in [5, 5.41) is 0. The summed E-state index contributed by atoms with van der Waals surface area (Å²) in [4.78, 5) is 0. The minimum absolute atomic E-state index is 0.0275. The Morgan fingerprint density at radius 2 is 2.12 bits per heavy atom. The Balaban J connectivity index is 1.87. The van der Waals surface area contributed by atoms with Crippen LogP contribution in [0.1, 0.15) is 32.3 Å². The van der Waals surface area contributed by atoms with E-state index in [1.54, 1.807) is 0 Å². The van der Waals surface area contributed by atoms with Crippen molar-refractivity contribution in [3.63, 3.8) is 0 Å². The predicted octanol–water partition coefficient (Wildman–Crippen LogP) is 3.33. The van der Waals surface area contributed by atoms with E-state index in [1.165, 1.54) is 5.56 Å². The second-order valence-electron chi connectivity index (χ2n) is 5.11. The fourth-order valence-corrected chi connectivity index (χ4v) is 2.10. The SMILES string of the molecule is Cc1ccccc1OCC1CCC(C)(C)O1. The van der Waals surface area contributed by atoms with Crippen LogP contribution in [0.4, 0.5) is 0 Å². The molecule has 1 aliphatic heterocycles. The summed E-state index contributed by atoms with van der Waals surface area (Å²) in [5.74, 6) is 0.968. The molecule has 1 aliphatic rings. The average molecular weight is 220 g/mol. The van der Waals surface area contributed by atoms with Gasteiger partial charge in [0.1, 0.15) is 12.4 Å². The van der Waals surface area contributed by atoms with Crippen molar-refractivity contribution in [2.45, 2.75) is 45.3 Å². The predicted molar refractivity (Wildman–Crippen MR) is 64.9 cm³/mol. The summed E-state index contributed by atoms with van der Waals surface area (Å²) in [5.41, 5.74) is 1.21. The first kappa shape index (κ1) is 11.5. The molecular weight excluding hydrogens is 200 g/mol. The van der Waals surface area contributed by atoms with Gasteiger partial charge in [0, 0.05) is 0 Å². The van der Waals surface area contributed by atoms with Crippen LogP contribution in [0.5, 0.6) is 5.75 Å². The van der Waals surface area contributed by atoms with E-state index in [1.807, 2.05) is 18.2 Å². The van der Waals surface area contributed by atoms with Crippen LogP contribution in [0.25, 0.3) is 0 Å². The fraction of sp³-hybridized carbons (Fsp3) is 0.571. The summed E-state index contributed by atoms with van der Waals surface area (Å²) < 4.78 is 11.7. The molecule has 0 spiro atoms. The highest BCUT2D eigenvalue weighted by atomic mass is 16.6. The van der Waals surface area contributed by atoms with Gasteiger partial charge in [0.05, 0.1) is 11.7 Å². The molecule has 1 atom stereocenters. The standard InChI is InChI=1S/C14H20O2/c1-11-6-4-5-7-13(11)15-10-12-8-9-14(2,3)16-12/h4-7,12H,8-10H2,1-3H3. The van der Waals surface area contributed by atoms with Gasteiger partial charge in [-0.1, -0.05) is 18.2 Å². The zero-order valence-electron chi connectivity index (χ0n) is 10.3. The summed E-state index contributed by atoms with van der Waals surface area (Å²) in [7, 11) is 0. The Bertz CT molecular complexity index is 358. The van der Waals surface area contributed by atoms with Gasteiger partial charge >= 0.3 is 0 Å². The minimum Gasteiger partial charge on any atom is -0.491 e. The Morgan fingerprint density at radius 1 is 1.38 bits per heavy atom. The van der Waals surface area contributed by atoms with Crippen molar-refractivity contribution in [2.75, 3.05) is 6.61 Å². The van der Waals surface area contributed by atoms with Gasteiger partial charge in [-0.2, -0.15) is 0 Å². The third-order valence-electron chi connectivity index (χ3n) is 3.07. The molecule has 1 heterocycles. The molecule has 1 aromatic rings. The number of hydrogen-bond donors (Lipinski definition) is 0. The van der Waals surface area contributed by atoms with Crippen molar-refractivity contribution in [1.82, 2.24) is 0 Å². The molecule has 2 heteroatoms. The van der Waals surface area contributed by atoms with Crippen LogP contribution in [0.3, 0.4) is 0 Å². The van der Waals surface area contributed by atoms with Crippen LogP contribution in [-0.4, -0.2) is 18.3 Å². The molecule has 88 valence electrons. The zero-order valence-corrected chi connectivity index (χ0v) is 10.3. The van der Waals surface area contributed by atoms with E-state index in [2.05, 4.69) is 26.8 Å². The van der Waals surface area contributed by atoms with Gasteiger partial charge in [0.15, 0.2) is 0 Å². The van der Waals surface area contributed by atoms with E-state index >= 15 is 0 Å². The second-order valence-corrected chi connectivity index (χ2v) is 5.11. The Hall–Kier alpha value is -1.02. The van der Waals surface area contributed by atoms with Crippen LogP contribution in [0, 0.1) is 6.92 Å². The van der Waals surface area contributed by atoms with Crippen LogP contribution in [0.2, 0.25) is 0 Å². The monoisotopic (exact) mass is 220 g/mol. The Labute approximate surface area is 97.6 Å². The summed E-state index contributed by atoms with van der Waals surface area (Å²) in [6.07, 6.45) is 2.46. The van der Waals surface area contributed by atoms with Gasteiger partial charge in [0.25, 0.3) is 0 Å². The highest BCUT2D eigenvalue weighted by molar-refractivity contribution is 5.31. The van der Waals surface area contributed by atoms with E-state index in [0.29, 0.717) is 6.61 Å². The van der Waals surface area contributed by atoms with E-state index in [0.717, 1.165) is 18.6 Å². The third kappa shape index (κ3) is 2.76. The number of para-hydroxylation sites is 1. The van der Waals surface area contributed by atoms with E-state index in [4.69, 9.17) is 9.47 Å². The first-order valence-electron chi connectivity index (χ1n) is 5.93. The van der Waals surface area contributed by atoms with Gasteiger partial charge in [-0.15, -0.1) is 0 Å². The largest absolute Gasteiger partial charge is 0.491 e. The number of hydrogen-bond acceptors (Lipinski definition) is 2. The lowest BCUT2D eigenvalue weighted by Crippen LogP contribution is -2.24. The molecule has 0 saturated carbocycles. The molecule has 0 radical (unpaired) electrons. The first-order valence-corrected chi connectivity index (χ1v) is 5.93. The van der Waals surface area contributed by atoms with Crippen molar-refractivity contribution in [3.05, 3.63) is 29.8 Å². The topological polar surface area (TPSA) is 18.5 Å². The quantitative estimate of drug-likeness (QED) is 0.778. The van der Waals surface area contributed by atoms with Crippen molar-refractivity contribution in [1.29, 1.82) is 0 Å². The maximum absolute atomic E-state index is 5.89. The van der Waals surface area contributed by atoms with Crippen LogP contribution in [-0.2, 0) is 4.74 Å². The number of benzene rings is 1. The normalized spacial score (nSPS) is 23.3.